The fraction of sp³-hybridized carbons (Fsp3) is 0.833. The minimum atomic E-state index is -3.33. The number of hydrogen-bond donors (Lipinski definition) is 2. The molecular formula is C12H21NO5S. The number of nitrogens with one attached hydrogen (secondary N) is 1. The molecule has 1 heterocycles. The lowest BCUT2D eigenvalue weighted by Gasteiger charge is -2.22. The highest BCUT2D eigenvalue weighted by Crippen LogP contribution is 2.19. The molecule has 6 nitrogen and oxygen atoms in total. The summed E-state index contributed by atoms with van der Waals surface area (Å²) in [5.41, 5.74) is 0. The van der Waals surface area contributed by atoms with Crippen LogP contribution in [-0.4, -0.2) is 42.9 Å². The van der Waals surface area contributed by atoms with E-state index in [0.29, 0.717) is 19.3 Å². The standard InChI is InChI=1S/C12H21NO5S/c1-2-9(7-11(14)15)8-13-12(16)10-5-3-4-6-19(10,17)18/h9-10H,2-8H2,1H3,(H,13,16)(H,14,15). The normalized spacial score (nSPS) is 23.5. The first-order valence-corrected chi connectivity index (χ1v) is 8.29. The minimum absolute atomic E-state index is 0.0196. The highest BCUT2D eigenvalue weighted by molar-refractivity contribution is 7.92. The van der Waals surface area contributed by atoms with Crippen molar-refractivity contribution in [1.82, 2.24) is 5.32 Å². The second-order valence-corrected chi connectivity index (χ2v) is 7.27. The Morgan fingerprint density at radius 3 is 2.58 bits per heavy atom. The molecule has 2 N–H and O–H groups in total. The summed E-state index contributed by atoms with van der Waals surface area (Å²) in [7, 11) is -3.33. The molecule has 0 aromatic heterocycles. The van der Waals surface area contributed by atoms with Crippen LogP contribution in [0.4, 0.5) is 0 Å². The van der Waals surface area contributed by atoms with Crippen LogP contribution in [0.1, 0.15) is 39.0 Å². The summed E-state index contributed by atoms with van der Waals surface area (Å²) in [5.74, 6) is -1.49. The lowest BCUT2D eigenvalue weighted by molar-refractivity contribution is -0.138. The Morgan fingerprint density at radius 1 is 1.37 bits per heavy atom. The average Bonchev–Trinajstić information content (AvgIpc) is 2.33. The van der Waals surface area contributed by atoms with E-state index in [1.54, 1.807) is 0 Å². The van der Waals surface area contributed by atoms with E-state index < -0.39 is 27.0 Å². The maximum Gasteiger partial charge on any atom is 0.303 e. The van der Waals surface area contributed by atoms with Crippen LogP contribution >= 0.6 is 0 Å². The summed E-state index contributed by atoms with van der Waals surface area (Å²) in [6.45, 7) is 2.06. The summed E-state index contributed by atoms with van der Waals surface area (Å²) in [4.78, 5) is 22.5. The molecule has 1 aliphatic heterocycles. The lowest BCUT2D eigenvalue weighted by atomic mass is 10.0. The minimum Gasteiger partial charge on any atom is -0.481 e. The van der Waals surface area contributed by atoms with Gasteiger partial charge in [-0.05, 0) is 18.8 Å². The van der Waals surface area contributed by atoms with Crippen LogP contribution in [0.2, 0.25) is 0 Å². The van der Waals surface area contributed by atoms with Gasteiger partial charge in [0.25, 0.3) is 0 Å². The highest BCUT2D eigenvalue weighted by Gasteiger charge is 2.34. The molecule has 0 aliphatic carbocycles. The van der Waals surface area contributed by atoms with E-state index in [1.807, 2.05) is 6.92 Å². The Hall–Kier alpha value is -1.11. The molecule has 2 atom stereocenters. The Kier molecular flexibility index (Phi) is 5.78. The number of carbonyl (C=O) groups is 2. The van der Waals surface area contributed by atoms with Crippen molar-refractivity contribution in [2.45, 2.75) is 44.3 Å². The van der Waals surface area contributed by atoms with Crippen molar-refractivity contribution in [3.05, 3.63) is 0 Å². The zero-order chi connectivity index (χ0) is 14.5. The molecule has 0 saturated carbocycles. The van der Waals surface area contributed by atoms with Crippen molar-refractivity contribution >= 4 is 21.7 Å². The van der Waals surface area contributed by atoms with Gasteiger partial charge < -0.3 is 10.4 Å². The summed E-state index contributed by atoms with van der Waals surface area (Å²) in [5, 5.41) is 10.3. The second kappa shape index (κ2) is 6.88. The number of carbonyl (C=O) groups excluding carboxylic acids is 1. The van der Waals surface area contributed by atoms with Crippen molar-refractivity contribution < 1.29 is 23.1 Å². The van der Waals surface area contributed by atoms with Gasteiger partial charge in [-0.15, -0.1) is 0 Å². The van der Waals surface area contributed by atoms with Crippen LogP contribution in [-0.2, 0) is 19.4 Å². The van der Waals surface area contributed by atoms with Crippen molar-refractivity contribution in [3.63, 3.8) is 0 Å². The van der Waals surface area contributed by atoms with E-state index in [1.165, 1.54) is 0 Å². The third-order valence-electron chi connectivity index (χ3n) is 3.48. The molecular weight excluding hydrogens is 270 g/mol. The fourth-order valence-corrected chi connectivity index (χ4v) is 4.04. The molecule has 1 aliphatic rings. The van der Waals surface area contributed by atoms with Gasteiger partial charge in [-0.2, -0.15) is 0 Å². The molecule has 0 aromatic carbocycles. The van der Waals surface area contributed by atoms with Crippen molar-refractivity contribution in [1.29, 1.82) is 0 Å². The molecule has 0 spiro atoms. The average molecular weight is 291 g/mol. The van der Waals surface area contributed by atoms with Gasteiger partial charge in [0, 0.05) is 13.0 Å². The molecule has 1 fully saturated rings. The number of aliphatic carboxylic acids is 1. The molecule has 1 amide bonds. The summed E-state index contributed by atoms with van der Waals surface area (Å²) < 4.78 is 23.5. The Labute approximate surface area is 113 Å². The number of carboxylic acid groups (broad SMARTS) is 1. The van der Waals surface area contributed by atoms with Crippen LogP contribution in [0.25, 0.3) is 0 Å². The molecule has 0 bridgehead atoms. The third kappa shape index (κ3) is 4.81. The van der Waals surface area contributed by atoms with E-state index in [2.05, 4.69) is 5.32 Å². The van der Waals surface area contributed by atoms with E-state index in [4.69, 9.17) is 5.11 Å². The van der Waals surface area contributed by atoms with E-state index >= 15 is 0 Å². The van der Waals surface area contributed by atoms with E-state index in [0.717, 1.165) is 6.42 Å². The molecule has 110 valence electrons. The van der Waals surface area contributed by atoms with Gasteiger partial charge in [-0.25, -0.2) is 8.42 Å². The predicted octanol–water partition coefficient (Wildman–Crippen LogP) is 0.571. The Morgan fingerprint density at radius 2 is 2.05 bits per heavy atom. The molecule has 19 heavy (non-hydrogen) atoms. The topological polar surface area (TPSA) is 101 Å². The van der Waals surface area contributed by atoms with Crippen molar-refractivity contribution in [2.75, 3.05) is 12.3 Å². The van der Waals surface area contributed by atoms with Crippen LogP contribution in [0.5, 0.6) is 0 Å². The molecule has 0 aromatic rings. The number of amides is 1. The molecule has 1 saturated heterocycles. The zero-order valence-electron chi connectivity index (χ0n) is 11.1. The van der Waals surface area contributed by atoms with Crippen molar-refractivity contribution in [3.8, 4) is 0 Å². The first-order valence-electron chi connectivity index (χ1n) is 6.58. The lowest BCUT2D eigenvalue weighted by Crippen LogP contribution is -2.44. The van der Waals surface area contributed by atoms with E-state index in [9.17, 15) is 18.0 Å². The summed E-state index contributed by atoms with van der Waals surface area (Å²) >= 11 is 0. The third-order valence-corrected chi connectivity index (χ3v) is 5.65. The maximum atomic E-state index is 11.9. The first kappa shape index (κ1) is 15.9. The van der Waals surface area contributed by atoms with E-state index in [-0.39, 0.29) is 24.6 Å². The smallest absolute Gasteiger partial charge is 0.303 e. The molecule has 2 unspecified atom stereocenters. The monoisotopic (exact) mass is 291 g/mol. The highest BCUT2D eigenvalue weighted by atomic mass is 32.2. The van der Waals surface area contributed by atoms with Crippen LogP contribution in [0, 0.1) is 5.92 Å². The number of rotatable bonds is 6. The van der Waals surface area contributed by atoms with Gasteiger partial charge in [0.15, 0.2) is 9.84 Å². The molecule has 1 rings (SSSR count). The quantitative estimate of drug-likeness (QED) is 0.745. The number of hydrogen-bond acceptors (Lipinski definition) is 4. The van der Waals surface area contributed by atoms with Crippen LogP contribution in [0.15, 0.2) is 0 Å². The van der Waals surface area contributed by atoms with Gasteiger partial charge in [0.05, 0.1) is 5.75 Å². The van der Waals surface area contributed by atoms with Crippen molar-refractivity contribution in [2.24, 2.45) is 5.92 Å². The predicted molar refractivity (Wildman–Crippen MR) is 70.5 cm³/mol. The van der Waals surface area contributed by atoms with Crippen LogP contribution in [0.3, 0.4) is 0 Å². The van der Waals surface area contributed by atoms with Crippen LogP contribution < -0.4 is 5.32 Å². The van der Waals surface area contributed by atoms with Gasteiger partial charge in [0.1, 0.15) is 5.25 Å². The second-order valence-electron chi connectivity index (χ2n) is 4.97. The number of sulfone groups is 1. The van der Waals surface area contributed by atoms with Gasteiger partial charge in [0.2, 0.25) is 5.91 Å². The summed E-state index contributed by atoms with van der Waals surface area (Å²) in [6, 6.07) is 0. The Balaban J connectivity index is 2.52. The molecule has 7 heteroatoms. The zero-order valence-corrected chi connectivity index (χ0v) is 11.9. The van der Waals surface area contributed by atoms with Gasteiger partial charge >= 0.3 is 5.97 Å². The largest absolute Gasteiger partial charge is 0.481 e. The SMILES string of the molecule is CCC(CNC(=O)C1CCCCS1(=O)=O)CC(=O)O. The Bertz CT molecular complexity index is 431. The number of carboxylic acids is 1. The van der Waals surface area contributed by atoms with Gasteiger partial charge in [-0.1, -0.05) is 19.8 Å². The van der Waals surface area contributed by atoms with Gasteiger partial charge in [-0.3, -0.25) is 9.59 Å². The maximum absolute atomic E-state index is 11.9. The first-order chi connectivity index (χ1) is 8.86. The fourth-order valence-electron chi connectivity index (χ4n) is 2.22. The summed E-state index contributed by atoms with van der Waals surface area (Å²) in [6.07, 6.45) is 2.33. The molecule has 0 radical (unpaired) electrons.